The number of carbonyl (C=O) groups is 2. The minimum Gasteiger partial charge on any atom is -0.481 e. The lowest BCUT2D eigenvalue weighted by molar-refractivity contribution is -0.143. The number of carboxylic acid groups (broad SMARTS) is 2. The fourth-order valence-electron chi connectivity index (χ4n) is 1.19. The van der Waals surface area contributed by atoms with Gasteiger partial charge in [-0.05, 0) is 0 Å². The minimum atomic E-state index is -1.20. The van der Waals surface area contributed by atoms with Crippen LogP contribution in [0.3, 0.4) is 0 Å². The summed E-state index contributed by atoms with van der Waals surface area (Å²) in [5.41, 5.74) is 0. The van der Waals surface area contributed by atoms with E-state index in [1.807, 2.05) is 0 Å². The normalized spacial score (nSPS) is 28.9. The van der Waals surface area contributed by atoms with Crippen molar-refractivity contribution < 1.29 is 24.9 Å². The number of aliphatic carboxylic acids is 1. The van der Waals surface area contributed by atoms with Crippen molar-refractivity contribution in [1.29, 1.82) is 0 Å². The van der Waals surface area contributed by atoms with Crippen molar-refractivity contribution in [1.82, 2.24) is 4.90 Å². The van der Waals surface area contributed by atoms with Crippen molar-refractivity contribution in [2.75, 3.05) is 13.1 Å². The average Bonchev–Trinajstić information content (AvgIpc) is 2.30. The molecule has 1 aliphatic rings. The first-order valence-electron chi connectivity index (χ1n) is 3.41. The molecule has 2 atom stereocenters. The number of amides is 1. The molecule has 1 aliphatic heterocycles. The van der Waals surface area contributed by atoms with E-state index >= 15 is 0 Å². The fraction of sp³-hybridized carbons (Fsp3) is 0.667. The molecule has 68 valence electrons. The van der Waals surface area contributed by atoms with Crippen LogP contribution in [-0.2, 0) is 4.79 Å². The van der Waals surface area contributed by atoms with E-state index in [4.69, 9.17) is 15.3 Å². The van der Waals surface area contributed by atoms with Gasteiger partial charge in [0.25, 0.3) is 0 Å². The Bertz CT molecular complexity index is 216. The molecular weight excluding hydrogens is 166 g/mol. The molecule has 12 heavy (non-hydrogen) atoms. The number of aliphatic hydroxyl groups is 1. The summed E-state index contributed by atoms with van der Waals surface area (Å²) in [5, 5.41) is 26.0. The summed E-state index contributed by atoms with van der Waals surface area (Å²) in [7, 11) is 0. The van der Waals surface area contributed by atoms with Gasteiger partial charge in [-0.3, -0.25) is 4.79 Å². The van der Waals surface area contributed by atoms with Crippen molar-refractivity contribution in [2.45, 2.75) is 6.10 Å². The molecule has 0 spiro atoms. The van der Waals surface area contributed by atoms with Gasteiger partial charge in [-0.25, -0.2) is 4.79 Å². The van der Waals surface area contributed by atoms with Crippen molar-refractivity contribution >= 4 is 12.1 Å². The lowest BCUT2D eigenvalue weighted by Gasteiger charge is -2.08. The molecule has 1 amide bonds. The predicted molar refractivity (Wildman–Crippen MR) is 36.7 cm³/mol. The summed E-state index contributed by atoms with van der Waals surface area (Å²) in [4.78, 5) is 21.6. The smallest absolute Gasteiger partial charge is 0.407 e. The first-order chi connectivity index (χ1) is 5.52. The molecule has 0 aliphatic carbocycles. The molecule has 3 N–H and O–H groups in total. The van der Waals surface area contributed by atoms with Crippen LogP contribution in [0, 0.1) is 5.92 Å². The summed E-state index contributed by atoms with van der Waals surface area (Å²) in [6.45, 7) is -0.252. The van der Waals surface area contributed by atoms with E-state index in [2.05, 4.69) is 0 Å². The quantitative estimate of drug-likeness (QED) is 0.477. The van der Waals surface area contributed by atoms with Crippen molar-refractivity contribution in [3.05, 3.63) is 0 Å². The Balaban J connectivity index is 2.62. The highest BCUT2D eigenvalue weighted by molar-refractivity contribution is 5.74. The molecule has 0 unspecified atom stereocenters. The highest BCUT2D eigenvalue weighted by Crippen LogP contribution is 2.16. The first-order valence-corrected chi connectivity index (χ1v) is 3.41. The fourth-order valence-corrected chi connectivity index (χ4v) is 1.19. The maximum Gasteiger partial charge on any atom is 0.407 e. The zero-order valence-corrected chi connectivity index (χ0v) is 6.17. The van der Waals surface area contributed by atoms with E-state index in [0.29, 0.717) is 0 Å². The average molecular weight is 175 g/mol. The Morgan fingerprint density at radius 3 is 2.08 bits per heavy atom. The van der Waals surface area contributed by atoms with Crippen LogP contribution in [0.2, 0.25) is 0 Å². The molecule has 0 aromatic rings. The third-order valence-electron chi connectivity index (χ3n) is 1.88. The maximum absolute atomic E-state index is 10.4. The van der Waals surface area contributed by atoms with Crippen LogP contribution in [-0.4, -0.2) is 51.5 Å². The monoisotopic (exact) mass is 175 g/mol. The molecule has 0 bridgehead atoms. The van der Waals surface area contributed by atoms with Crippen LogP contribution in [0.1, 0.15) is 0 Å². The molecule has 1 fully saturated rings. The highest BCUT2D eigenvalue weighted by atomic mass is 16.4. The van der Waals surface area contributed by atoms with Gasteiger partial charge in [0.2, 0.25) is 0 Å². The minimum absolute atomic E-state index is 0.119. The Hall–Kier alpha value is -1.30. The van der Waals surface area contributed by atoms with E-state index in [1.54, 1.807) is 0 Å². The van der Waals surface area contributed by atoms with Crippen LogP contribution in [0.4, 0.5) is 4.79 Å². The lowest BCUT2D eigenvalue weighted by atomic mass is 10.1. The Morgan fingerprint density at radius 2 is 1.83 bits per heavy atom. The molecule has 6 heteroatoms. The third-order valence-corrected chi connectivity index (χ3v) is 1.88. The number of aliphatic hydroxyl groups excluding tert-OH is 1. The van der Waals surface area contributed by atoms with Gasteiger partial charge in [0.1, 0.15) is 5.92 Å². The zero-order chi connectivity index (χ0) is 9.30. The van der Waals surface area contributed by atoms with Crippen LogP contribution in [0.15, 0.2) is 0 Å². The van der Waals surface area contributed by atoms with Gasteiger partial charge in [-0.2, -0.15) is 0 Å². The summed E-state index contributed by atoms with van der Waals surface area (Å²) >= 11 is 0. The van der Waals surface area contributed by atoms with E-state index in [9.17, 15) is 9.59 Å². The number of rotatable bonds is 1. The third kappa shape index (κ3) is 1.48. The predicted octanol–water partition coefficient (Wildman–Crippen LogP) is -0.958. The summed E-state index contributed by atoms with van der Waals surface area (Å²) < 4.78 is 0. The summed E-state index contributed by atoms with van der Waals surface area (Å²) in [6, 6.07) is 0. The molecule has 0 saturated carbocycles. The SMILES string of the molecule is O=C(O)[C@@H]1CN(C(=O)O)C[C@@H]1O. The molecular formula is C6H9NO5. The van der Waals surface area contributed by atoms with Crippen LogP contribution >= 0.6 is 0 Å². The van der Waals surface area contributed by atoms with E-state index < -0.39 is 24.1 Å². The number of carboxylic acids is 1. The molecule has 0 aromatic carbocycles. The topological polar surface area (TPSA) is 98.1 Å². The van der Waals surface area contributed by atoms with Crippen LogP contribution < -0.4 is 0 Å². The second-order valence-electron chi connectivity index (χ2n) is 2.70. The van der Waals surface area contributed by atoms with Crippen LogP contribution in [0.5, 0.6) is 0 Å². The second-order valence-corrected chi connectivity index (χ2v) is 2.70. The lowest BCUT2D eigenvalue weighted by Crippen LogP contribution is -2.28. The van der Waals surface area contributed by atoms with Crippen molar-refractivity contribution in [3.8, 4) is 0 Å². The zero-order valence-electron chi connectivity index (χ0n) is 6.17. The van der Waals surface area contributed by atoms with Gasteiger partial charge in [0.05, 0.1) is 12.6 Å². The van der Waals surface area contributed by atoms with Gasteiger partial charge < -0.3 is 20.2 Å². The van der Waals surface area contributed by atoms with Gasteiger partial charge in [-0.1, -0.05) is 0 Å². The van der Waals surface area contributed by atoms with Crippen LogP contribution in [0.25, 0.3) is 0 Å². The first kappa shape index (κ1) is 8.79. The number of hydrogen-bond acceptors (Lipinski definition) is 3. The summed E-state index contributed by atoms with van der Waals surface area (Å²) in [6.07, 6.45) is -2.28. The highest BCUT2D eigenvalue weighted by Gasteiger charge is 2.38. The number of hydrogen-bond donors (Lipinski definition) is 3. The van der Waals surface area contributed by atoms with E-state index in [-0.39, 0.29) is 13.1 Å². The standard InChI is InChI=1S/C6H9NO5/c8-4-2-7(6(11)12)1-3(4)5(9)10/h3-4,8H,1-2H2,(H,9,10)(H,11,12)/t3-,4+/m1/s1. The number of likely N-dealkylation sites (tertiary alicyclic amines) is 1. The number of nitrogens with zero attached hydrogens (tertiary/aromatic N) is 1. The molecule has 1 heterocycles. The summed E-state index contributed by atoms with van der Waals surface area (Å²) in [5.74, 6) is -2.15. The van der Waals surface area contributed by atoms with E-state index in [1.165, 1.54) is 0 Å². The van der Waals surface area contributed by atoms with Gasteiger partial charge in [-0.15, -0.1) is 0 Å². The molecule has 0 radical (unpaired) electrons. The van der Waals surface area contributed by atoms with Gasteiger partial charge in [0.15, 0.2) is 0 Å². The van der Waals surface area contributed by atoms with Crippen molar-refractivity contribution in [3.63, 3.8) is 0 Å². The van der Waals surface area contributed by atoms with Gasteiger partial charge in [0, 0.05) is 6.54 Å². The molecule has 1 saturated heterocycles. The second kappa shape index (κ2) is 2.98. The Morgan fingerprint density at radius 1 is 1.25 bits per heavy atom. The van der Waals surface area contributed by atoms with E-state index in [0.717, 1.165) is 4.90 Å². The Kier molecular flexibility index (Phi) is 2.18. The van der Waals surface area contributed by atoms with Gasteiger partial charge >= 0.3 is 12.1 Å². The number of β-amino-alcohol motifs (C(OH)–C–C–N with tert-alkyl or cyclic N) is 1. The Labute approximate surface area is 68.0 Å². The molecule has 0 aromatic heterocycles. The maximum atomic E-state index is 10.4. The van der Waals surface area contributed by atoms with Crippen molar-refractivity contribution in [2.24, 2.45) is 5.92 Å². The molecule has 1 rings (SSSR count). The molecule has 6 nitrogen and oxygen atoms in total. The largest absolute Gasteiger partial charge is 0.481 e.